The van der Waals surface area contributed by atoms with Crippen molar-refractivity contribution in [3.05, 3.63) is 78.3 Å². The summed E-state index contributed by atoms with van der Waals surface area (Å²) in [7, 11) is 0. The van der Waals surface area contributed by atoms with Crippen molar-refractivity contribution in [3.63, 3.8) is 0 Å². The van der Waals surface area contributed by atoms with Crippen LogP contribution in [0.2, 0.25) is 0 Å². The number of ether oxygens (including phenoxy) is 1. The van der Waals surface area contributed by atoms with E-state index in [1.54, 1.807) is 42.7 Å². The van der Waals surface area contributed by atoms with Crippen molar-refractivity contribution in [2.45, 2.75) is 32.9 Å². The number of amides is 2. The molecule has 7 nitrogen and oxygen atoms in total. The van der Waals surface area contributed by atoms with E-state index >= 15 is 0 Å². The molecule has 162 valence electrons. The Balaban J connectivity index is 1.51. The maximum Gasteiger partial charge on any atom is 0.251 e. The lowest BCUT2D eigenvalue weighted by molar-refractivity contribution is -0.114. The number of carbonyl (C=O) groups is 2. The van der Waals surface area contributed by atoms with Gasteiger partial charge in [-0.25, -0.2) is 0 Å². The maximum absolute atomic E-state index is 12.3. The van der Waals surface area contributed by atoms with Gasteiger partial charge in [0.15, 0.2) is 0 Å². The summed E-state index contributed by atoms with van der Waals surface area (Å²) < 4.78 is 11.0. The number of carbonyl (C=O) groups excluding carboxylic acids is 2. The monoisotopic (exact) mass is 421 g/mol. The summed E-state index contributed by atoms with van der Waals surface area (Å²) in [6.07, 6.45) is 2.60. The Labute approximate surface area is 181 Å². The molecule has 0 fully saturated rings. The first-order valence-electron chi connectivity index (χ1n) is 10.2. The van der Waals surface area contributed by atoms with Crippen molar-refractivity contribution in [2.75, 3.05) is 17.2 Å². The van der Waals surface area contributed by atoms with E-state index in [0.717, 1.165) is 17.9 Å². The second kappa shape index (κ2) is 10.9. The van der Waals surface area contributed by atoms with Crippen molar-refractivity contribution < 1.29 is 18.7 Å². The Morgan fingerprint density at radius 1 is 1.03 bits per heavy atom. The van der Waals surface area contributed by atoms with Gasteiger partial charge < -0.3 is 25.1 Å². The molecular formula is C24H27N3O4. The van der Waals surface area contributed by atoms with Crippen molar-refractivity contribution in [1.29, 1.82) is 0 Å². The molecule has 1 heterocycles. The van der Waals surface area contributed by atoms with Crippen molar-refractivity contribution in [1.82, 2.24) is 5.32 Å². The van der Waals surface area contributed by atoms with Gasteiger partial charge in [-0.3, -0.25) is 9.59 Å². The zero-order chi connectivity index (χ0) is 22.1. The highest BCUT2D eigenvalue weighted by Gasteiger charge is 2.09. The van der Waals surface area contributed by atoms with Gasteiger partial charge in [0.1, 0.15) is 11.5 Å². The highest BCUT2D eigenvalue weighted by Crippen LogP contribution is 2.19. The molecule has 7 heteroatoms. The fourth-order valence-electron chi connectivity index (χ4n) is 2.80. The summed E-state index contributed by atoms with van der Waals surface area (Å²) in [5, 5.41) is 8.67. The molecule has 1 atom stereocenters. The molecule has 0 spiro atoms. The summed E-state index contributed by atoms with van der Waals surface area (Å²) in [6.45, 7) is 4.46. The number of hydrogen-bond donors (Lipinski definition) is 3. The predicted octanol–water partition coefficient (Wildman–Crippen LogP) is 4.44. The summed E-state index contributed by atoms with van der Waals surface area (Å²) in [5.41, 5.74) is 1.79. The summed E-state index contributed by atoms with van der Waals surface area (Å²) >= 11 is 0. The molecule has 0 bridgehead atoms. The SMILES string of the molecule is CCC(C)Oc1cccc(NCC(=O)Nc2cccc(C(=O)NCc3ccco3)c2)c1. The number of nitrogens with one attached hydrogen (secondary N) is 3. The second-order valence-corrected chi connectivity index (χ2v) is 7.11. The van der Waals surface area contributed by atoms with E-state index in [1.165, 1.54) is 0 Å². The fraction of sp³-hybridized carbons (Fsp3) is 0.250. The van der Waals surface area contributed by atoms with E-state index < -0.39 is 0 Å². The average molecular weight is 421 g/mol. The molecule has 3 rings (SSSR count). The van der Waals surface area contributed by atoms with Gasteiger partial charge >= 0.3 is 0 Å². The summed E-state index contributed by atoms with van der Waals surface area (Å²) in [6, 6.07) is 17.8. The van der Waals surface area contributed by atoms with Crippen LogP contribution in [-0.2, 0) is 11.3 Å². The van der Waals surface area contributed by atoms with Crippen molar-refractivity contribution >= 4 is 23.2 Å². The number of benzene rings is 2. The molecule has 0 aliphatic carbocycles. The number of anilines is 2. The molecule has 0 radical (unpaired) electrons. The zero-order valence-electron chi connectivity index (χ0n) is 17.7. The Morgan fingerprint density at radius 2 is 1.84 bits per heavy atom. The van der Waals surface area contributed by atoms with E-state index in [4.69, 9.17) is 9.15 Å². The molecule has 0 aliphatic rings. The minimum absolute atomic E-state index is 0.0850. The van der Waals surface area contributed by atoms with Crippen LogP contribution in [-0.4, -0.2) is 24.5 Å². The third-order valence-corrected chi connectivity index (χ3v) is 4.61. The molecule has 2 aromatic carbocycles. The molecule has 1 unspecified atom stereocenters. The molecule has 3 aromatic rings. The molecule has 31 heavy (non-hydrogen) atoms. The average Bonchev–Trinajstić information content (AvgIpc) is 3.30. The van der Waals surface area contributed by atoms with Gasteiger partial charge in [0.25, 0.3) is 5.91 Å². The van der Waals surface area contributed by atoms with Crippen molar-refractivity contribution in [3.8, 4) is 5.75 Å². The van der Waals surface area contributed by atoms with Crippen LogP contribution in [0, 0.1) is 0 Å². The van der Waals surface area contributed by atoms with E-state index in [0.29, 0.717) is 23.6 Å². The van der Waals surface area contributed by atoms with Crippen LogP contribution >= 0.6 is 0 Å². The quantitative estimate of drug-likeness (QED) is 0.450. The van der Waals surface area contributed by atoms with Crippen LogP contribution < -0.4 is 20.7 Å². The van der Waals surface area contributed by atoms with Gasteiger partial charge in [-0.15, -0.1) is 0 Å². The van der Waals surface area contributed by atoms with Crippen LogP contribution in [0.1, 0.15) is 36.4 Å². The largest absolute Gasteiger partial charge is 0.491 e. The van der Waals surface area contributed by atoms with Crippen LogP contribution in [0.25, 0.3) is 0 Å². The first-order chi connectivity index (χ1) is 15.0. The third kappa shape index (κ3) is 6.92. The lowest BCUT2D eigenvalue weighted by Crippen LogP contribution is -2.24. The highest BCUT2D eigenvalue weighted by molar-refractivity contribution is 5.98. The van der Waals surface area contributed by atoms with Gasteiger partial charge in [-0.2, -0.15) is 0 Å². The lowest BCUT2D eigenvalue weighted by atomic mass is 10.2. The molecule has 0 saturated heterocycles. The molecule has 0 aliphatic heterocycles. The Morgan fingerprint density at radius 3 is 2.61 bits per heavy atom. The summed E-state index contributed by atoms with van der Waals surface area (Å²) in [4.78, 5) is 24.7. The van der Waals surface area contributed by atoms with Gasteiger partial charge in [-0.1, -0.05) is 19.1 Å². The molecule has 2 amide bonds. The molecule has 1 aromatic heterocycles. The predicted molar refractivity (Wildman–Crippen MR) is 120 cm³/mol. The normalized spacial score (nSPS) is 11.4. The topological polar surface area (TPSA) is 92.6 Å². The third-order valence-electron chi connectivity index (χ3n) is 4.61. The van der Waals surface area contributed by atoms with Crippen molar-refractivity contribution in [2.24, 2.45) is 0 Å². The van der Waals surface area contributed by atoms with E-state index in [9.17, 15) is 9.59 Å². The highest BCUT2D eigenvalue weighted by atomic mass is 16.5. The smallest absolute Gasteiger partial charge is 0.251 e. The van der Waals surface area contributed by atoms with Gasteiger partial charge in [0.2, 0.25) is 5.91 Å². The van der Waals surface area contributed by atoms with E-state index in [2.05, 4.69) is 22.9 Å². The van der Waals surface area contributed by atoms with Crippen LogP contribution in [0.3, 0.4) is 0 Å². The Bertz CT molecular complexity index is 1000. The maximum atomic E-state index is 12.3. The number of rotatable bonds is 10. The van der Waals surface area contributed by atoms with Gasteiger partial charge in [0, 0.05) is 23.0 Å². The van der Waals surface area contributed by atoms with Crippen LogP contribution in [0.4, 0.5) is 11.4 Å². The fourth-order valence-corrected chi connectivity index (χ4v) is 2.80. The van der Waals surface area contributed by atoms with E-state index in [-0.39, 0.29) is 24.5 Å². The Kier molecular flexibility index (Phi) is 7.70. The minimum atomic E-state index is -0.247. The minimum Gasteiger partial charge on any atom is -0.491 e. The molecule has 0 saturated carbocycles. The van der Waals surface area contributed by atoms with E-state index in [1.807, 2.05) is 31.2 Å². The van der Waals surface area contributed by atoms with Crippen LogP contribution in [0.5, 0.6) is 5.75 Å². The standard InChI is InChI=1S/C24H27N3O4/c1-3-17(2)31-21-10-5-8-19(14-21)25-16-23(28)27-20-9-4-7-18(13-20)24(29)26-15-22-11-6-12-30-22/h4-14,17,25H,3,15-16H2,1-2H3,(H,26,29)(H,27,28). The number of hydrogen-bond acceptors (Lipinski definition) is 5. The zero-order valence-corrected chi connectivity index (χ0v) is 17.7. The number of furan rings is 1. The van der Waals surface area contributed by atoms with Gasteiger partial charge in [-0.05, 0) is 55.8 Å². The van der Waals surface area contributed by atoms with Gasteiger partial charge in [0.05, 0.1) is 25.5 Å². The lowest BCUT2D eigenvalue weighted by Gasteiger charge is -2.14. The summed E-state index contributed by atoms with van der Waals surface area (Å²) in [5.74, 6) is 0.959. The molecular weight excluding hydrogens is 394 g/mol. The second-order valence-electron chi connectivity index (χ2n) is 7.11. The molecule has 3 N–H and O–H groups in total. The Hall–Kier alpha value is -3.74. The first kappa shape index (κ1) is 22.0. The first-order valence-corrected chi connectivity index (χ1v) is 10.2. The van der Waals surface area contributed by atoms with Crippen LogP contribution in [0.15, 0.2) is 71.3 Å².